The maximum atomic E-state index is 11.7. The smallest absolute Gasteiger partial charge is 0.240 e. The molecular formula is C10H18ClNO2. The Hall–Kier alpha value is -0.280. The molecule has 0 radical (unpaired) electrons. The van der Waals surface area contributed by atoms with E-state index in [-0.39, 0.29) is 5.91 Å². The van der Waals surface area contributed by atoms with Gasteiger partial charge in [-0.2, -0.15) is 0 Å². The number of halogens is 1. The van der Waals surface area contributed by atoms with Crippen LogP contribution in [0.15, 0.2) is 0 Å². The number of amides is 1. The highest BCUT2D eigenvalue weighted by molar-refractivity contribution is 6.30. The summed E-state index contributed by atoms with van der Waals surface area (Å²) in [5.41, 5.74) is 0. The molecular weight excluding hydrogens is 202 g/mol. The summed E-state index contributed by atoms with van der Waals surface area (Å²) in [4.78, 5) is 13.6. The molecule has 0 aromatic rings. The van der Waals surface area contributed by atoms with E-state index in [0.717, 1.165) is 32.6 Å². The first-order chi connectivity index (χ1) is 6.66. The molecule has 0 aromatic carbocycles. The van der Waals surface area contributed by atoms with Gasteiger partial charge in [-0.1, -0.05) is 0 Å². The minimum absolute atomic E-state index is 0.0427. The normalized spacial score (nSPS) is 20.5. The van der Waals surface area contributed by atoms with Gasteiger partial charge in [-0.25, -0.2) is 0 Å². The quantitative estimate of drug-likeness (QED) is 0.676. The minimum Gasteiger partial charge on any atom is -0.381 e. The fourth-order valence-corrected chi connectivity index (χ4v) is 1.94. The predicted molar refractivity (Wildman–Crippen MR) is 56.5 cm³/mol. The molecule has 1 aliphatic rings. The first kappa shape index (κ1) is 11.8. The summed E-state index contributed by atoms with van der Waals surface area (Å²) < 4.78 is 5.26. The highest BCUT2D eigenvalue weighted by Gasteiger charge is 2.26. The van der Waals surface area contributed by atoms with Crippen LogP contribution in [0.5, 0.6) is 0 Å². The second-order valence-electron chi connectivity index (χ2n) is 3.58. The summed E-state index contributed by atoms with van der Waals surface area (Å²) in [5, 5.41) is -0.419. The number of rotatable bonds is 3. The van der Waals surface area contributed by atoms with Crippen molar-refractivity contribution in [2.24, 2.45) is 0 Å². The first-order valence-electron chi connectivity index (χ1n) is 5.19. The number of carbonyl (C=O) groups excluding carboxylic acids is 1. The molecule has 1 rings (SSSR count). The van der Waals surface area contributed by atoms with Gasteiger partial charge in [0.1, 0.15) is 5.38 Å². The van der Waals surface area contributed by atoms with Crippen molar-refractivity contribution in [1.82, 2.24) is 4.90 Å². The standard InChI is InChI=1S/C10H18ClNO2/c1-3-12(10(13)8(2)11)9-4-6-14-7-5-9/h8-9H,3-7H2,1-2H3. The molecule has 1 aliphatic heterocycles. The second kappa shape index (κ2) is 5.56. The van der Waals surface area contributed by atoms with Crippen molar-refractivity contribution in [2.45, 2.75) is 38.1 Å². The van der Waals surface area contributed by atoms with Crippen molar-refractivity contribution in [3.8, 4) is 0 Å². The van der Waals surface area contributed by atoms with Crippen LogP contribution in [0.2, 0.25) is 0 Å². The maximum absolute atomic E-state index is 11.7. The lowest BCUT2D eigenvalue weighted by Gasteiger charge is -2.34. The van der Waals surface area contributed by atoms with Gasteiger partial charge < -0.3 is 9.64 Å². The van der Waals surface area contributed by atoms with Crippen LogP contribution in [-0.4, -0.2) is 42.0 Å². The molecule has 4 heteroatoms. The lowest BCUT2D eigenvalue weighted by molar-refractivity contribution is -0.134. The van der Waals surface area contributed by atoms with Gasteiger partial charge in [-0.15, -0.1) is 11.6 Å². The molecule has 1 fully saturated rings. The average Bonchev–Trinajstić information content (AvgIpc) is 2.20. The van der Waals surface area contributed by atoms with Crippen LogP contribution in [0.4, 0.5) is 0 Å². The fourth-order valence-electron chi connectivity index (χ4n) is 1.82. The topological polar surface area (TPSA) is 29.5 Å². The van der Waals surface area contributed by atoms with E-state index in [1.165, 1.54) is 0 Å². The van der Waals surface area contributed by atoms with Crippen LogP contribution in [0.25, 0.3) is 0 Å². The Balaban J connectivity index is 2.55. The van der Waals surface area contributed by atoms with Crippen LogP contribution in [0.3, 0.4) is 0 Å². The summed E-state index contributed by atoms with van der Waals surface area (Å²) >= 11 is 5.80. The molecule has 1 atom stereocenters. The van der Waals surface area contributed by atoms with Crippen molar-refractivity contribution in [2.75, 3.05) is 19.8 Å². The summed E-state index contributed by atoms with van der Waals surface area (Å²) in [6, 6.07) is 0.322. The Morgan fingerprint density at radius 1 is 1.57 bits per heavy atom. The third-order valence-corrected chi connectivity index (χ3v) is 2.78. The second-order valence-corrected chi connectivity index (χ2v) is 4.24. The van der Waals surface area contributed by atoms with E-state index in [0.29, 0.717) is 6.04 Å². The van der Waals surface area contributed by atoms with Crippen LogP contribution in [-0.2, 0) is 9.53 Å². The van der Waals surface area contributed by atoms with Gasteiger partial charge in [-0.3, -0.25) is 4.79 Å². The summed E-state index contributed by atoms with van der Waals surface area (Å²) in [5.74, 6) is 0.0427. The van der Waals surface area contributed by atoms with Gasteiger partial charge in [0.15, 0.2) is 0 Å². The molecule has 3 nitrogen and oxygen atoms in total. The SMILES string of the molecule is CCN(C(=O)C(C)Cl)C1CCOCC1. The fraction of sp³-hybridized carbons (Fsp3) is 0.900. The van der Waals surface area contributed by atoms with E-state index in [4.69, 9.17) is 16.3 Å². The van der Waals surface area contributed by atoms with Crippen LogP contribution >= 0.6 is 11.6 Å². The predicted octanol–water partition coefficient (Wildman–Crippen LogP) is 1.64. The summed E-state index contributed by atoms with van der Waals surface area (Å²) in [6.45, 7) is 5.97. The van der Waals surface area contributed by atoms with Crippen molar-refractivity contribution in [3.63, 3.8) is 0 Å². The Labute approximate surface area is 90.4 Å². The number of carbonyl (C=O) groups is 1. The Morgan fingerprint density at radius 3 is 2.57 bits per heavy atom. The van der Waals surface area contributed by atoms with Gasteiger partial charge in [0.05, 0.1) is 0 Å². The minimum atomic E-state index is -0.419. The number of hydrogen-bond donors (Lipinski definition) is 0. The highest BCUT2D eigenvalue weighted by atomic mass is 35.5. The Kier molecular flexibility index (Phi) is 4.69. The Morgan fingerprint density at radius 2 is 2.14 bits per heavy atom. The van der Waals surface area contributed by atoms with E-state index < -0.39 is 5.38 Å². The van der Waals surface area contributed by atoms with Crippen molar-refractivity contribution in [1.29, 1.82) is 0 Å². The highest BCUT2D eigenvalue weighted by Crippen LogP contribution is 2.16. The summed E-state index contributed by atoms with van der Waals surface area (Å²) in [7, 11) is 0. The zero-order valence-corrected chi connectivity index (χ0v) is 9.59. The first-order valence-corrected chi connectivity index (χ1v) is 5.62. The van der Waals surface area contributed by atoms with Crippen LogP contribution < -0.4 is 0 Å². The molecule has 1 unspecified atom stereocenters. The molecule has 0 N–H and O–H groups in total. The van der Waals surface area contributed by atoms with Crippen molar-refractivity contribution in [3.05, 3.63) is 0 Å². The van der Waals surface area contributed by atoms with Crippen LogP contribution in [0.1, 0.15) is 26.7 Å². The number of nitrogens with zero attached hydrogens (tertiary/aromatic N) is 1. The summed E-state index contributed by atoms with van der Waals surface area (Å²) in [6.07, 6.45) is 1.87. The molecule has 1 heterocycles. The lowest BCUT2D eigenvalue weighted by Crippen LogP contribution is -2.45. The van der Waals surface area contributed by atoms with Crippen LogP contribution in [0, 0.1) is 0 Å². The number of alkyl halides is 1. The molecule has 0 saturated carbocycles. The van der Waals surface area contributed by atoms with Gasteiger partial charge in [0.25, 0.3) is 0 Å². The molecule has 0 aromatic heterocycles. The van der Waals surface area contributed by atoms with Crippen molar-refractivity contribution >= 4 is 17.5 Å². The van der Waals surface area contributed by atoms with Crippen molar-refractivity contribution < 1.29 is 9.53 Å². The maximum Gasteiger partial charge on any atom is 0.240 e. The molecule has 0 aliphatic carbocycles. The third kappa shape index (κ3) is 2.85. The molecule has 14 heavy (non-hydrogen) atoms. The van der Waals surface area contributed by atoms with Gasteiger partial charge in [0.2, 0.25) is 5.91 Å². The Bertz CT molecular complexity index is 191. The molecule has 0 spiro atoms. The van der Waals surface area contributed by atoms with E-state index in [1.807, 2.05) is 11.8 Å². The molecule has 1 amide bonds. The molecule has 82 valence electrons. The van der Waals surface area contributed by atoms with Gasteiger partial charge in [0, 0.05) is 25.8 Å². The van der Waals surface area contributed by atoms with Gasteiger partial charge in [-0.05, 0) is 26.7 Å². The average molecular weight is 220 g/mol. The number of hydrogen-bond acceptors (Lipinski definition) is 2. The lowest BCUT2D eigenvalue weighted by atomic mass is 10.1. The van der Waals surface area contributed by atoms with E-state index in [1.54, 1.807) is 6.92 Å². The molecule has 1 saturated heterocycles. The van der Waals surface area contributed by atoms with E-state index in [9.17, 15) is 4.79 Å². The van der Waals surface area contributed by atoms with E-state index in [2.05, 4.69) is 0 Å². The third-order valence-electron chi connectivity index (χ3n) is 2.60. The monoisotopic (exact) mass is 219 g/mol. The zero-order chi connectivity index (χ0) is 10.6. The van der Waals surface area contributed by atoms with Gasteiger partial charge >= 0.3 is 0 Å². The zero-order valence-electron chi connectivity index (χ0n) is 8.83. The van der Waals surface area contributed by atoms with E-state index >= 15 is 0 Å². The molecule has 0 bridgehead atoms. The largest absolute Gasteiger partial charge is 0.381 e. The number of ether oxygens (including phenoxy) is 1.